The van der Waals surface area contributed by atoms with E-state index in [2.05, 4.69) is 19.2 Å². The number of carbonyl (C=O) groups excluding carboxylic acids is 2. The summed E-state index contributed by atoms with van der Waals surface area (Å²) in [6.07, 6.45) is 1.38. The Labute approximate surface area is 193 Å². The quantitative estimate of drug-likeness (QED) is 0.574. The van der Waals surface area contributed by atoms with Gasteiger partial charge in [-0.15, -0.1) is 0 Å². The molecule has 1 aliphatic rings. The van der Waals surface area contributed by atoms with Crippen LogP contribution in [0.5, 0.6) is 11.5 Å². The molecule has 1 heterocycles. The van der Waals surface area contributed by atoms with Gasteiger partial charge in [-0.3, -0.25) is 4.79 Å². The molecule has 32 heavy (non-hydrogen) atoms. The van der Waals surface area contributed by atoms with Gasteiger partial charge in [0.25, 0.3) is 0 Å². The fourth-order valence-corrected chi connectivity index (χ4v) is 4.19. The van der Waals surface area contributed by atoms with Gasteiger partial charge in [0, 0.05) is 32.1 Å². The standard InChI is InChI=1S/C25H41N3O4/c1-7-27(8-2)25(30)28-15-13-19(14-16-28)24(29)26-23(18(5)6)20-11-12-21(31-9-3)22(17-20)32-10-4/h11-12,17-19,23H,7-10,13-16H2,1-6H3,(H,26,29). The number of amides is 3. The van der Waals surface area contributed by atoms with E-state index < -0.39 is 0 Å². The summed E-state index contributed by atoms with van der Waals surface area (Å²) in [5.41, 5.74) is 1.01. The number of hydrogen-bond acceptors (Lipinski definition) is 4. The maximum Gasteiger partial charge on any atom is 0.319 e. The highest BCUT2D eigenvalue weighted by Crippen LogP contribution is 2.33. The van der Waals surface area contributed by atoms with Crippen molar-refractivity contribution in [1.29, 1.82) is 0 Å². The van der Waals surface area contributed by atoms with E-state index in [1.165, 1.54) is 0 Å². The van der Waals surface area contributed by atoms with Crippen LogP contribution in [0, 0.1) is 11.8 Å². The van der Waals surface area contributed by atoms with Gasteiger partial charge in [-0.1, -0.05) is 19.9 Å². The van der Waals surface area contributed by atoms with Crippen LogP contribution in [0.2, 0.25) is 0 Å². The molecule has 0 bridgehead atoms. The summed E-state index contributed by atoms with van der Waals surface area (Å²) in [5, 5.41) is 3.26. The molecule has 180 valence electrons. The third-order valence-corrected chi connectivity index (χ3v) is 6.06. The van der Waals surface area contributed by atoms with Gasteiger partial charge in [-0.05, 0) is 64.2 Å². The Bertz CT molecular complexity index is 741. The Morgan fingerprint density at radius 2 is 1.62 bits per heavy atom. The smallest absolute Gasteiger partial charge is 0.319 e. The lowest BCUT2D eigenvalue weighted by molar-refractivity contribution is -0.127. The van der Waals surface area contributed by atoms with Gasteiger partial charge in [0.15, 0.2) is 11.5 Å². The minimum atomic E-state index is -0.118. The first-order valence-corrected chi connectivity index (χ1v) is 12.1. The maximum atomic E-state index is 13.1. The van der Waals surface area contributed by atoms with Gasteiger partial charge in [0.2, 0.25) is 5.91 Å². The number of nitrogens with one attached hydrogen (secondary N) is 1. The van der Waals surface area contributed by atoms with Gasteiger partial charge >= 0.3 is 6.03 Å². The van der Waals surface area contributed by atoms with Gasteiger partial charge in [-0.2, -0.15) is 0 Å². The first-order chi connectivity index (χ1) is 15.4. The number of benzene rings is 1. The largest absolute Gasteiger partial charge is 0.490 e. The summed E-state index contributed by atoms with van der Waals surface area (Å²) in [6, 6.07) is 5.86. The van der Waals surface area contributed by atoms with Crippen molar-refractivity contribution >= 4 is 11.9 Å². The zero-order chi connectivity index (χ0) is 23.7. The van der Waals surface area contributed by atoms with Crippen molar-refractivity contribution in [3.05, 3.63) is 23.8 Å². The lowest BCUT2D eigenvalue weighted by Crippen LogP contribution is -2.48. The SMILES string of the molecule is CCOc1ccc(C(NC(=O)C2CCN(C(=O)N(CC)CC)CC2)C(C)C)cc1OCC. The zero-order valence-electron chi connectivity index (χ0n) is 20.6. The highest BCUT2D eigenvalue weighted by atomic mass is 16.5. The minimum Gasteiger partial charge on any atom is -0.490 e. The van der Waals surface area contributed by atoms with Crippen molar-refractivity contribution in [3.63, 3.8) is 0 Å². The number of hydrogen-bond donors (Lipinski definition) is 1. The molecule has 1 fully saturated rings. The summed E-state index contributed by atoms with van der Waals surface area (Å²) in [7, 11) is 0. The predicted octanol–water partition coefficient (Wildman–Crippen LogP) is 4.47. The van der Waals surface area contributed by atoms with Gasteiger partial charge in [0.05, 0.1) is 19.3 Å². The van der Waals surface area contributed by atoms with E-state index in [0.717, 1.165) is 11.3 Å². The molecular formula is C25H41N3O4. The Balaban J connectivity index is 2.05. The first kappa shape index (κ1) is 25.8. The van der Waals surface area contributed by atoms with Crippen molar-refractivity contribution in [2.24, 2.45) is 11.8 Å². The fraction of sp³-hybridized carbons (Fsp3) is 0.680. The van der Waals surface area contributed by atoms with E-state index in [4.69, 9.17) is 9.47 Å². The van der Waals surface area contributed by atoms with Gasteiger partial charge < -0.3 is 24.6 Å². The number of piperidine rings is 1. The van der Waals surface area contributed by atoms with Crippen molar-refractivity contribution < 1.29 is 19.1 Å². The second kappa shape index (κ2) is 12.6. The number of rotatable bonds is 10. The lowest BCUT2D eigenvalue weighted by atomic mass is 9.92. The number of carbonyl (C=O) groups is 2. The monoisotopic (exact) mass is 447 g/mol. The molecule has 1 aliphatic heterocycles. The molecule has 0 aromatic heterocycles. The molecule has 0 radical (unpaired) electrons. The molecule has 2 rings (SSSR count). The molecule has 1 atom stereocenters. The van der Waals surface area contributed by atoms with E-state index in [9.17, 15) is 9.59 Å². The van der Waals surface area contributed by atoms with E-state index in [-0.39, 0.29) is 29.8 Å². The average molecular weight is 448 g/mol. The van der Waals surface area contributed by atoms with Crippen LogP contribution in [0.3, 0.4) is 0 Å². The normalized spacial score (nSPS) is 15.4. The molecule has 3 amide bonds. The lowest BCUT2D eigenvalue weighted by Gasteiger charge is -2.35. The van der Waals surface area contributed by atoms with Crippen molar-refractivity contribution in [2.75, 3.05) is 39.4 Å². The van der Waals surface area contributed by atoms with E-state index in [1.54, 1.807) is 0 Å². The third kappa shape index (κ3) is 6.53. The molecule has 1 aromatic carbocycles. The van der Waals surface area contributed by atoms with Crippen molar-refractivity contribution in [1.82, 2.24) is 15.1 Å². The maximum absolute atomic E-state index is 13.1. The molecule has 0 spiro atoms. The van der Waals surface area contributed by atoms with Crippen LogP contribution >= 0.6 is 0 Å². The Morgan fingerprint density at radius 1 is 1.03 bits per heavy atom. The Hall–Kier alpha value is -2.44. The van der Waals surface area contributed by atoms with Crippen LogP contribution in [0.15, 0.2) is 18.2 Å². The summed E-state index contributed by atoms with van der Waals surface area (Å²) in [4.78, 5) is 29.4. The zero-order valence-corrected chi connectivity index (χ0v) is 20.6. The Morgan fingerprint density at radius 3 is 2.16 bits per heavy atom. The summed E-state index contributed by atoms with van der Waals surface area (Å²) < 4.78 is 11.4. The van der Waals surface area contributed by atoms with E-state index >= 15 is 0 Å². The summed E-state index contributed by atoms with van der Waals surface area (Å²) >= 11 is 0. The predicted molar refractivity (Wildman–Crippen MR) is 127 cm³/mol. The van der Waals surface area contributed by atoms with Crippen molar-refractivity contribution in [2.45, 2.75) is 60.4 Å². The topological polar surface area (TPSA) is 71.1 Å². The van der Waals surface area contributed by atoms with Crippen LogP contribution in [-0.4, -0.2) is 61.1 Å². The van der Waals surface area contributed by atoms with E-state index in [1.807, 2.05) is 55.7 Å². The minimum absolute atomic E-state index is 0.0606. The van der Waals surface area contributed by atoms with Crippen molar-refractivity contribution in [3.8, 4) is 11.5 Å². The fourth-order valence-electron chi connectivity index (χ4n) is 4.19. The average Bonchev–Trinajstić information content (AvgIpc) is 2.79. The van der Waals surface area contributed by atoms with Gasteiger partial charge in [0.1, 0.15) is 0 Å². The number of likely N-dealkylation sites (tertiary alicyclic amines) is 1. The molecule has 1 N–H and O–H groups in total. The van der Waals surface area contributed by atoms with Gasteiger partial charge in [-0.25, -0.2) is 4.79 Å². The second-order valence-corrected chi connectivity index (χ2v) is 8.52. The second-order valence-electron chi connectivity index (χ2n) is 8.52. The highest BCUT2D eigenvalue weighted by molar-refractivity contribution is 5.80. The molecule has 7 heteroatoms. The van der Waals surface area contributed by atoms with Crippen LogP contribution in [0.1, 0.15) is 66.0 Å². The third-order valence-electron chi connectivity index (χ3n) is 6.06. The van der Waals surface area contributed by atoms with Crippen LogP contribution in [-0.2, 0) is 4.79 Å². The number of urea groups is 1. The molecule has 0 aliphatic carbocycles. The van der Waals surface area contributed by atoms with Crippen LogP contribution in [0.25, 0.3) is 0 Å². The van der Waals surface area contributed by atoms with Crippen LogP contribution < -0.4 is 14.8 Å². The van der Waals surface area contributed by atoms with E-state index in [0.29, 0.717) is 58.0 Å². The molecular weight excluding hydrogens is 406 g/mol. The summed E-state index contributed by atoms with van der Waals surface area (Å²) in [6.45, 7) is 15.9. The number of nitrogens with zero attached hydrogens (tertiary/aromatic N) is 2. The molecule has 0 saturated carbocycles. The van der Waals surface area contributed by atoms with Crippen LogP contribution in [0.4, 0.5) is 4.79 Å². The molecule has 1 unspecified atom stereocenters. The molecule has 1 saturated heterocycles. The molecule has 1 aromatic rings. The Kier molecular flexibility index (Phi) is 10.1. The highest BCUT2D eigenvalue weighted by Gasteiger charge is 2.30. The first-order valence-electron chi connectivity index (χ1n) is 12.1. The molecule has 7 nitrogen and oxygen atoms in total. The number of ether oxygens (including phenoxy) is 2. The summed E-state index contributed by atoms with van der Waals surface area (Å²) in [5.74, 6) is 1.62.